The molecule has 34 heavy (non-hydrogen) atoms. The predicted molar refractivity (Wildman–Crippen MR) is 133 cm³/mol. The van der Waals surface area contributed by atoms with Crippen LogP contribution in [0.2, 0.25) is 0 Å². The van der Waals surface area contributed by atoms with Crippen molar-refractivity contribution in [1.29, 1.82) is 5.41 Å². The van der Waals surface area contributed by atoms with E-state index >= 15 is 0 Å². The van der Waals surface area contributed by atoms with Gasteiger partial charge in [0.25, 0.3) is 0 Å². The van der Waals surface area contributed by atoms with E-state index in [9.17, 15) is 14.7 Å². The second-order valence-electron chi connectivity index (χ2n) is 9.63. The van der Waals surface area contributed by atoms with Crippen molar-refractivity contribution in [3.8, 4) is 0 Å². The minimum Gasteiger partial charge on any atom is -0.480 e. The zero-order chi connectivity index (χ0) is 24.4. The van der Waals surface area contributed by atoms with E-state index in [1.54, 1.807) is 0 Å². The molecule has 1 unspecified atom stereocenters. The van der Waals surface area contributed by atoms with Crippen LogP contribution in [-0.4, -0.2) is 68.8 Å². The highest BCUT2D eigenvalue weighted by molar-refractivity contribution is 5.99. The number of likely N-dealkylation sites (tertiary alicyclic amines) is 2. The van der Waals surface area contributed by atoms with Gasteiger partial charge >= 0.3 is 5.97 Å². The number of hydrogen-bond acceptors (Lipinski definition) is 4. The van der Waals surface area contributed by atoms with Crippen LogP contribution < -0.4 is 5.73 Å². The number of nitrogens with zero attached hydrogens (tertiary/aromatic N) is 2. The van der Waals surface area contributed by atoms with E-state index in [1.807, 2.05) is 34.9 Å². The molecular weight excluding hydrogens is 430 g/mol. The number of nitrogens with one attached hydrogen (secondary N) is 2. The number of amidine groups is 1. The van der Waals surface area contributed by atoms with E-state index in [4.69, 9.17) is 11.1 Å². The van der Waals surface area contributed by atoms with Gasteiger partial charge in [0.05, 0.1) is 6.04 Å². The average molecular weight is 468 g/mol. The number of benzene rings is 1. The Morgan fingerprint density at radius 3 is 2.68 bits per heavy atom. The minimum absolute atomic E-state index is 0.0605. The third-order valence-electron chi connectivity index (χ3n) is 7.70. The number of aromatic nitrogens is 1. The number of carboxylic acids is 1. The van der Waals surface area contributed by atoms with Crippen molar-refractivity contribution in [3.63, 3.8) is 0 Å². The summed E-state index contributed by atoms with van der Waals surface area (Å²) in [6, 6.07) is 5.16. The maximum absolute atomic E-state index is 13.5. The summed E-state index contributed by atoms with van der Waals surface area (Å²) in [6.45, 7) is 5.46. The number of carbonyl (C=O) groups excluding carboxylic acids is 1. The van der Waals surface area contributed by atoms with Gasteiger partial charge in [0, 0.05) is 34.7 Å². The number of aryl methyl sites for hydroxylation is 2. The van der Waals surface area contributed by atoms with Crippen LogP contribution in [0.25, 0.3) is 10.9 Å². The molecular formula is C26H37N5O3. The highest BCUT2D eigenvalue weighted by Crippen LogP contribution is 2.30. The van der Waals surface area contributed by atoms with Gasteiger partial charge in [0.15, 0.2) is 0 Å². The van der Waals surface area contributed by atoms with Gasteiger partial charge in [0.1, 0.15) is 11.9 Å². The topological polar surface area (TPSA) is 127 Å². The van der Waals surface area contributed by atoms with Gasteiger partial charge in [-0.05, 0) is 69.5 Å². The Labute approximate surface area is 201 Å². The van der Waals surface area contributed by atoms with E-state index in [0.717, 1.165) is 57.0 Å². The summed E-state index contributed by atoms with van der Waals surface area (Å²) in [5, 5.41) is 18.5. The number of aliphatic carboxylic acids is 1. The summed E-state index contributed by atoms with van der Waals surface area (Å²) in [4.78, 5) is 32.8. The lowest BCUT2D eigenvalue weighted by Gasteiger charge is -2.34. The quantitative estimate of drug-likeness (QED) is 0.333. The maximum atomic E-state index is 13.5. The van der Waals surface area contributed by atoms with Gasteiger partial charge in [-0.3, -0.25) is 19.9 Å². The van der Waals surface area contributed by atoms with Crippen LogP contribution in [0, 0.1) is 5.41 Å². The van der Waals surface area contributed by atoms with E-state index in [1.165, 1.54) is 16.6 Å². The van der Waals surface area contributed by atoms with Crippen LogP contribution >= 0.6 is 0 Å². The highest BCUT2D eigenvalue weighted by Gasteiger charge is 2.41. The summed E-state index contributed by atoms with van der Waals surface area (Å²) in [7, 11) is 0. The molecule has 0 spiro atoms. The normalized spacial score (nSPS) is 21.9. The van der Waals surface area contributed by atoms with Crippen molar-refractivity contribution in [2.45, 2.75) is 83.3 Å². The molecule has 2 fully saturated rings. The third-order valence-corrected chi connectivity index (χ3v) is 7.70. The Hall–Kier alpha value is -2.87. The van der Waals surface area contributed by atoms with Gasteiger partial charge < -0.3 is 20.7 Å². The first-order chi connectivity index (χ1) is 16.3. The predicted octanol–water partition coefficient (Wildman–Crippen LogP) is 3.27. The monoisotopic (exact) mass is 467 g/mol. The fourth-order valence-electron chi connectivity index (χ4n) is 6.00. The smallest absolute Gasteiger partial charge is 0.320 e. The largest absolute Gasteiger partial charge is 0.480 e. The van der Waals surface area contributed by atoms with Crippen LogP contribution in [0.15, 0.2) is 18.2 Å². The Kier molecular flexibility index (Phi) is 7.26. The Morgan fingerprint density at radius 2 is 2.00 bits per heavy atom. The first-order valence-corrected chi connectivity index (χ1v) is 12.6. The molecule has 1 aromatic carbocycles. The second kappa shape index (κ2) is 10.2. The molecule has 8 nitrogen and oxygen atoms in total. The molecule has 4 rings (SSSR count). The fourth-order valence-corrected chi connectivity index (χ4v) is 6.00. The summed E-state index contributed by atoms with van der Waals surface area (Å²) < 4.78 is 0. The van der Waals surface area contributed by atoms with Crippen LogP contribution in [-0.2, 0) is 22.4 Å². The standard InChI is InChI=1S/C26H37N5O3/c1-3-18-19-11-9-16(24(27)28)15-21(19)29-20(18)12-10-17-7-5-13-30(17)25(32)23-8-6-14-31(23)22(4-2)26(33)34/h9,11,15,17,22-23,29H,3-8,10,12-14H2,1-2H3,(H3,27,28)(H,33,34)/t17-,22?,23+/m0/s1. The summed E-state index contributed by atoms with van der Waals surface area (Å²) in [5.74, 6) is -0.664. The lowest BCUT2D eigenvalue weighted by atomic mass is 10.0. The number of amides is 1. The van der Waals surface area contributed by atoms with Gasteiger partial charge in [-0.15, -0.1) is 0 Å². The molecule has 0 saturated carbocycles. The minimum atomic E-state index is -0.834. The van der Waals surface area contributed by atoms with Crippen molar-refractivity contribution in [2.24, 2.45) is 5.73 Å². The van der Waals surface area contributed by atoms with Crippen molar-refractivity contribution in [3.05, 3.63) is 35.0 Å². The first kappa shape index (κ1) is 24.3. The molecule has 0 aliphatic carbocycles. The fraction of sp³-hybridized carbons (Fsp3) is 0.577. The Bertz CT molecular complexity index is 1080. The molecule has 184 valence electrons. The maximum Gasteiger partial charge on any atom is 0.320 e. The number of H-pyrrole nitrogens is 1. The molecule has 1 amide bonds. The first-order valence-electron chi connectivity index (χ1n) is 12.6. The van der Waals surface area contributed by atoms with Gasteiger partial charge in [-0.25, -0.2) is 0 Å². The molecule has 2 saturated heterocycles. The molecule has 1 aromatic heterocycles. The molecule has 2 aromatic rings. The third kappa shape index (κ3) is 4.56. The number of fused-ring (bicyclic) bond motifs is 1. The number of nitrogen functional groups attached to an aromatic ring is 1. The van der Waals surface area contributed by atoms with E-state index in [-0.39, 0.29) is 23.8 Å². The molecule has 8 heteroatoms. The lowest BCUT2D eigenvalue weighted by Crippen LogP contribution is -2.52. The van der Waals surface area contributed by atoms with Crippen molar-refractivity contribution in [1.82, 2.24) is 14.8 Å². The molecule has 2 aliphatic rings. The number of rotatable bonds is 9. The van der Waals surface area contributed by atoms with Crippen LogP contribution in [0.1, 0.15) is 69.2 Å². The van der Waals surface area contributed by atoms with Gasteiger partial charge in [0.2, 0.25) is 5.91 Å². The molecule has 3 atom stereocenters. The van der Waals surface area contributed by atoms with E-state index in [2.05, 4.69) is 11.9 Å². The lowest BCUT2D eigenvalue weighted by molar-refractivity contribution is -0.146. The van der Waals surface area contributed by atoms with Crippen LogP contribution in [0.5, 0.6) is 0 Å². The number of nitrogens with two attached hydrogens (primary N) is 1. The number of carbonyl (C=O) groups is 2. The van der Waals surface area contributed by atoms with Crippen molar-refractivity contribution < 1.29 is 14.7 Å². The zero-order valence-electron chi connectivity index (χ0n) is 20.3. The Morgan fingerprint density at radius 1 is 1.24 bits per heavy atom. The summed E-state index contributed by atoms with van der Waals surface area (Å²) >= 11 is 0. The summed E-state index contributed by atoms with van der Waals surface area (Å²) in [5.41, 5.74) is 9.86. The number of hydrogen-bond donors (Lipinski definition) is 4. The zero-order valence-corrected chi connectivity index (χ0v) is 20.3. The highest BCUT2D eigenvalue weighted by atomic mass is 16.4. The van der Waals surface area contributed by atoms with Crippen LogP contribution in [0.4, 0.5) is 0 Å². The summed E-state index contributed by atoms with van der Waals surface area (Å²) in [6.07, 6.45) is 6.75. The number of carboxylic acid groups (broad SMARTS) is 1. The molecule has 2 aliphatic heterocycles. The van der Waals surface area contributed by atoms with Gasteiger partial charge in [-0.2, -0.15) is 0 Å². The number of aromatic amines is 1. The molecule has 5 N–H and O–H groups in total. The Balaban J connectivity index is 1.48. The van der Waals surface area contributed by atoms with Crippen LogP contribution in [0.3, 0.4) is 0 Å². The molecule has 3 heterocycles. The van der Waals surface area contributed by atoms with E-state index in [0.29, 0.717) is 18.5 Å². The van der Waals surface area contributed by atoms with Gasteiger partial charge in [-0.1, -0.05) is 26.0 Å². The van der Waals surface area contributed by atoms with E-state index < -0.39 is 12.0 Å². The van der Waals surface area contributed by atoms with Crippen molar-refractivity contribution >= 4 is 28.6 Å². The average Bonchev–Trinajstić information content (AvgIpc) is 3.54. The molecule has 0 bridgehead atoms. The second-order valence-corrected chi connectivity index (χ2v) is 9.63. The van der Waals surface area contributed by atoms with Crippen molar-refractivity contribution in [2.75, 3.05) is 13.1 Å². The SMILES string of the molecule is CCc1c(CC[C@@H]2CCCN2C(=O)[C@H]2CCCN2C(CC)C(=O)O)[nH]c2cc(C(=N)N)ccc12. The molecule has 0 radical (unpaired) electrons.